The van der Waals surface area contributed by atoms with Crippen LogP contribution in [0.2, 0.25) is 0 Å². The van der Waals surface area contributed by atoms with E-state index in [0.29, 0.717) is 22.0 Å². The van der Waals surface area contributed by atoms with Crippen molar-refractivity contribution in [2.45, 2.75) is 27.7 Å². The average molecular weight is 464 g/mol. The number of amides is 1. The highest BCUT2D eigenvalue weighted by Crippen LogP contribution is 2.40. The number of pyridine rings is 1. The second-order valence-corrected chi connectivity index (χ2v) is 9.08. The lowest BCUT2D eigenvalue weighted by molar-refractivity contribution is -0.118. The van der Waals surface area contributed by atoms with Gasteiger partial charge >= 0.3 is 5.97 Å². The molecule has 7 nitrogen and oxygen atoms in total. The second kappa shape index (κ2) is 9.07. The van der Waals surface area contributed by atoms with E-state index < -0.39 is 5.97 Å². The Morgan fingerprint density at radius 1 is 1.12 bits per heavy atom. The van der Waals surface area contributed by atoms with Gasteiger partial charge in [-0.05, 0) is 56.5 Å². The van der Waals surface area contributed by atoms with E-state index in [2.05, 4.69) is 10.3 Å². The molecule has 33 heavy (non-hydrogen) atoms. The van der Waals surface area contributed by atoms with Gasteiger partial charge < -0.3 is 19.2 Å². The molecule has 0 unspecified atom stereocenters. The summed E-state index contributed by atoms with van der Waals surface area (Å²) in [6.45, 7) is 7.67. The maximum atomic E-state index is 12.7. The number of aryl methyl sites for hydroxylation is 4. The third kappa shape index (κ3) is 4.47. The summed E-state index contributed by atoms with van der Waals surface area (Å²) >= 11 is 1.34. The van der Waals surface area contributed by atoms with Crippen LogP contribution in [-0.4, -0.2) is 35.0 Å². The van der Waals surface area contributed by atoms with Crippen molar-refractivity contribution in [2.75, 3.05) is 19.0 Å². The SMILES string of the molecule is COC(=O)c1c(NC(=O)COc2cccn3cc(C)nc23)sc(C)c1-c1ccc(C)c(C)c1. The van der Waals surface area contributed by atoms with E-state index in [1.54, 1.807) is 6.07 Å². The Kier molecular flexibility index (Phi) is 6.20. The van der Waals surface area contributed by atoms with Crippen molar-refractivity contribution in [3.63, 3.8) is 0 Å². The van der Waals surface area contributed by atoms with Crippen LogP contribution in [0.4, 0.5) is 5.00 Å². The number of anilines is 1. The maximum absolute atomic E-state index is 12.7. The Bertz CT molecular complexity index is 1370. The second-order valence-electron chi connectivity index (χ2n) is 7.85. The van der Waals surface area contributed by atoms with Crippen LogP contribution in [-0.2, 0) is 9.53 Å². The summed E-state index contributed by atoms with van der Waals surface area (Å²) in [6, 6.07) is 9.63. The molecule has 0 aliphatic carbocycles. The zero-order chi connectivity index (χ0) is 23.7. The van der Waals surface area contributed by atoms with Gasteiger partial charge in [0.1, 0.15) is 10.6 Å². The molecule has 3 heterocycles. The van der Waals surface area contributed by atoms with Gasteiger partial charge in [-0.15, -0.1) is 11.3 Å². The van der Waals surface area contributed by atoms with Crippen molar-refractivity contribution in [3.8, 4) is 16.9 Å². The van der Waals surface area contributed by atoms with Crippen molar-refractivity contribution in [1.82, 2.24) is 9.38 Å². The van der Waals surface area contributed by atoms with Gasteiger partial charge in [0, 0.05) is 22.8 Å². The largest absolute Gasteiger partial charge is 0.480 e. The fourth-order valence-corrected chi connectivity index (χ4v) is 4.78. The number of carbonyl (C=O) groups excluding carboxylic acids is 2. The number of methoxy groups -OCH3 is 1. The molecule has 0 radical (unpaired) electrons. The van der Waals surface area contributed by atoms with E-state index in [0.717, 1.165) is 27.3 Å². The Morgan fingerprint density at radius 2 is 1.91 bits per heavy atom. The minimum atomic E-state index is -0.499. The number of rotatable bonds is 6. The van der Waals surface area contributed by atoms with Crippen LogP contribution in [0.25, 0.3) is 16.8 Å². The van der Waals surface area contributed by atoms with Crippen LogP contribution >= 0.6 is 11.3 Å². The lowest BCUT2D eigenvalue weighted by Crippen LogP contribution is -2.21. The molecule has 4 rings (SSSR count). The molecule has 0 aliphatic rings. The van der Waals surface area contributed by atoms with Crippen molar-refractivity contribution in [1.29, 1.82) is 0 Å². The summed E-state index contributed by atoms with van der Waals surface area (Å²) in [5.41, 5.74) is 5.81. The van der Waals surface area contributed by atoms with Crippen LogP contribution in [0.3, 0.4) is 0 Å². The highest BCUT2D eigenvalue weighted by atomic mass is 32.1. The van der Waals surface area contributed by atoms with Crippen LogP contribution < -0.4 is 10.1 Å². The van der Waals surface area contributed by atoms with Crippen LogP contribution in [0, 0.1) is 27.7 Å². The van der Waals surface area contributed by atoms with Crippen LogP contribution in [0.5, 0.6) is 5.75 Å². The summed E-state index contributed by atoms with van der Waals surface area (Å²) in [5, 5.41) is 3.27. The summed E-state index contributed by atoms with van der Waals surface area (Å²) in [5.74, 6) is -0.369. The van der Waals surface area contributed by atoms with Crippen LogP contribution in [0.15, 0.2) is 42.7 Å². The predicted octanol–water partition coefficient (Wildman–Crippen LogP) is 5.10. The molecule has 0 fully saturated rings. The zero-order valence-corrected chi connectivity index (χ0v) is 20.0. The van der Waals surface area contributed by atoms with E-state index in [9.17, 15) is 9.59 Å². The number of carbonyl (C=O) groups is 2. The molecule has 0 aliphatic heterocycles. The molecule has 4 aromatic rings. The third-order valence-corrected chi connectivity index (χ3v) is 6.47. The Morgan fingerprint density at radius 3 is 2.64 bits per heavy atom. The standard InChI is InChI=1S/C25H25N3O4S/c1-14-8-9-18(11-15(14)2)21-17(4)33-24(22(21)25(30)31-5)27-20(29)13-32-19-7-6-10-28-12-16(3)26-23(19)28/h6-12H,13H2,1-5H3,(H,27,29). The van der Waals surface area contributed by atoms with Gasteiger partial charge in [0.15, 0.2) is 18.0 Å². The normalized spacial score (nSPS) is 10.9. The third-order valence-electron chi connectivity index (χ3n) is 5.45. The first-order chi connectivity index (χ1) is 15.8. The molecule has 0 bridgehead atoms. The van der Waals surface area contributed by atoms with E-state index in [1.165, 1.54) is 24.0 Å². The van der Waals surface area contributed by atoms with Gasteiger partial charge in [0.2, 0.25) is 0 Å². The fourth-order valence-electron chi connectivity index (χ4n) is 3.70. The first kappa shape index (κ1) is 22.5. The minimum Gasteiger partial charge on any atom is -0.480 e. The molecular formula is C25H25N3O4S. The number of nitrogens with zero attached hydrogens (tertiary/aromatic N) is 2. The molecule has 0 spiro atoms. The molecule has 0 saturated carbocycles. The molecule has 3 aromatic heterocycles. The number of esters is 1. The van der Waals surface area contributed by atoms with Gasteiger partial charge in [-0.3, -0.25) is 4.79 Å². The highest BCUT2D eigenvalue weighted by Gasteiger charge is 2.25. The monoisotopic (exact) mass is 463 g/mol. The van der Waals surface area contributed by atoms with Crippen molar-refractivity contribution >= 4 is 33.9 Å². The van der Waals surface area contributed by atoms with Crippen molar-refractivity contribution < 1.29 is 19.1 Å². The van der Waals surface area contributed by atoms with Crippen LogP contribution in [0.1, 0.15) is 32.1 Å². The average Bonchev–Trinajstić information content (AvgIpc) is 3.32. The topological polar surface area (TPSA) is 81.9 Å². The highest BCUT2D eigenvalue weighted by molar-refractivity contribution is 7.17. The molecule has 8 heteroatoms. The van der Waals surface area contributed by atoms with E-state index in [4.69, 9.17) is 9.47 Å². The minimum absolute atomic E-state index is 0.220. The number of thiophene rings is 1. The molecule has 0 atom stereocenters. The van der Waals surface area contributed by atoms with E-state index in [-0.39, 0.29) is 12.5 Å². The number of fused-ring (bicyclic) bond motifs is 1. The Balaban J connectivity index is 1.60. The number of aromatic nitrogens is 2. The number of benzene rings is 1. The first-order valence-electron chi connectivity index (χ1n) is 10.4. The fraction of sp³-hybridized carbons (Fsp3) is 0.240. The summed E-state index contributed by atoms with van der Waals surface area (Å²) in [6.07, 6.45) is 3.75. The number of imidazole rings is 1. The molecule has 170 valence electrons. The summed E-state index contributed by atoms with van der Waals surface area (Å²) in [4.78, 5) is 30.8. The first-order valence-corrected chi connectivity index (χ1v) is 11.3. The zero-order valence-electron chi connectivity index (χ0n) is 19.2. The lowest BCUT2D eigenvalue weighted by Gasteiger charge is -2.10. The van der Waals surface area contributed by atoms with E-state index >= 15 is 0 Å². The number of nitrogens with one attached hydrogen (secondary N) is 1. The molecule has 0 saturated heterocycles. The van der Waals surface area contributed by atoms with Gasteiger partial charge in [0.25, 0.3) is 5.91 Å². The quantitative estimate of drug-likeness (QED) is 0.402. The smallest absolute Gasteiger partial charge is 0.341 e. The number of hydrogen-bond acceptors (Lipinski definition) is 6. The van der Waals surface area contributed by atoms with Gasteiger partial charge in [-0.2, -0.15) is 0 Å². The van der Waals surface area contributed by atoms with Gasteiger partial charge in [-0.1, -0.05) is 18.2 Å². The molecule has 1 amide bonds. The Labute approximate surface area is 196 Å². The summed E-state index contributed by atoms with van der Waals surface area (Å²) in [7, 11) is 1.33. The number of hydrogen-bond donors (Lipinski definition) is 1. The maximum Gasteiger partial charge on any atom is 0.341 e. The predicted molar refractivity (Wildman–Crippen MR) is 129 cm³/mol. The number of ether oxygens (including phenoxy) is 2. The lowest BCUT2D eigenvalue weighted by atomic mass is 9.97. The van der Waals surface area contributed by atoms with Gasteiger partial charge in [0.05, 0.1) is 12.8 Å². The van der Waals surface area contributed by atoms with Gasteiger partial charge in [-0.25, -0.2) is 9.78 Å². The molecule has 1 aromatic carbocycles. The Hall–Kier alpha value is -3.65. The molecular weight excluding hydrogens is 438 g/mol. The van der Waals surface area contributed by atoms with Crippen molar-refractivity contribution in [3.05, 3.63) is 70.0 Å². The molecule has 1 N–H and O–H groups in total. The summed E-state index contributed by atoms with van der Waals surface area (Å²) < 4.78 is 12.6. The van der Waals surface area contributed by atoms with E-state index in [1.807, 2.05) is 68.8 Å². The van der Waals surface area contributed by atoms with Crippen molar-refractivity contribution in [2.24, 2.45) is 0 Å².